The number of aromatic nitrogens is 1. The number of hydrogen-bond acceptors (Lipinski definition) is 4. The number of rotatable bonds is 9. The van der Waals surface area contributed by atoms with E-state index < -0.39 is 17.7 Å². The van der Waals surface area contributed by atoms with E-state index in [0.29, 0.717) is 13.0 Å². The molecule has 6 heteroatoms. The lowest BCUT2D eigenvalue weighted by molar-refractivity contribution is -0.130. The van der Waals surface area contributed by atoms with E-state index in [4.69, 9.17) is 4.74 Å². The van der Waals surface area contributed by atoms with E-state index >= 15 is 0 Å². The molecule has 1 aliphatic heterocycles. The van der Waals surface area contributed by atoms with Gasteiger partial charge in [0.1, 0.15) is 0 Å². The summed E-state index contributed by atoms with van der Waals surface area (Å²) < 4.78 is 5.65. The number of ether oxygens (including phenoxy) is 1. The number of aryl methyl sites for hydroxylation is 1. The molecule has 0 fully saturated rings. The summed E-state index contributed by atoms with van der Waals surface area (Å²) in [7, 11) is 0. The predicted octanol–water partition coefficient (Wildman–Crippen LogP) is 4.49. The van der Waals surface area contributed by atoms with Gasteiger partial charge in [0.05, 0.1) is 24.3 Å². The smallest absolute Gasteiger partial charge is 0.290 e. The van der Waals surface area contributed by atoms with Crippen molar-refractivity contribution in [2.45, 2.75) is 38.8 Å². The fourth-order valence-electron chi connectivity index (χ4n) is 4.24. The van der Waals surface area contributed by atoms with Crippen LogP contribution in [0.4, 0.5) is 0 Å². The number of aromatic amines is 1. The molecule has 0 spiro atoms. The van der Waals surface area contributed by atoms with E-state index in [1.165, 1.54) is 0 Å². The summed E-state index contributed by atoms with van der Waals surface area (Å²) >= 11 is 0. The van der Waals surface area contributed by atoms with Gasteiger partial charge in [0.15, 0.2) is 11.5 Å². The van der Waals surface area contributed by atoms with Crippen molar-refractivity contribution in [3.8, 4) is 0 Å². The third kappa shape index (κ3) is 4.32. The van der Waals surface area contributed by atoms with Crippen molar-refractivity contribution in [1.29, 1.82) is 0 Å². The first kappa shape index (κ1) is 21.8. The maximum atomic E-state index is 13.3. The van der Waals surface area contributed by atoms with Crippen LogP contribution in [0, 0.1) is 0 Å². The van der Waals surface area contributed by atoms with Crippen molar-refractivity contribution in [1.82, 2.24) is 9.88 Å². The number of ketones is 1. The van der Waals surface area contributed by atoms with Crippen LogP contribution in [0.5, 0.6) is 0 Å². The fraction of sp³-hybridized carbons (Fsp3) is 0.308. The first-order chi connectivity index (χ1) is 15.5. The van der Waals surface area contributed by atoms with Crippen LogP contribution in [0.25, 0.3) is 10.9 Å². The molecule has 6 nitrogen and oxygen atoms in total. The van der Waals surface area contributed by atoms with Gasteiger partial charge in [0, 0.05) is 35.6 Å². The molecule has 3 aromatic rings. The Morgan fingerprint density at radius 1 is 1.12 bits per heavy atom. The van der Waals surface area contributed by atoms with E-state index in [-0.39, 0.29) is 30.4 Å². The number of nitrogens with one attached hydrogen (secondary N) is 1. The molecule has 0 saturated heterocycles. The van der Waals surface area contributed by atoms with Gasteiger partial charge >= 0.3 is 0 Å². The third-order valence-corrected chi connectivity index (χ3v) is 5.79. The summed E-state index contributed by atoms with van der Waals surface area (Å²) in [4.78, 5) is 31.1. The van der Waals surface area contributed by atoms with Crippen molar-refractivity contribution in [2.24, 2.45) is 0 Å². The Bertz CT molecular complexity index is 1150. The van der Waals surface area contributed by atoms with Crippen LogP contribution in [0.15, 0.2) is 72.1 Å². The number of nitrogens with zero attached hydrogens (tertiary/aromatic N) is 1. The first-order valence-corrected chi connectivity index (χ1v) is 11.0. The number of aliphatic hydroxyl groups excluding tert-OH is 1. The summed E-state index contributed by atoms with van der Waals surface area (Å²) in [5, 5.41) is 11.7. The van der Waals surface area contributed by atoms with Gasteiger partial charge in [0.2, 0.25) is 0 Å². The minimum Gasteiger partial charge on any atom is -0.503 e. The molecule has 2 aromatic carbocycles. The zero-order chi connectivity index (χ0) is 22.7. The second kappa shape index (κ2) is 9.40. The van der Waals surface area contributed by atoms with Crippen LogP contribution in [0.3, 0.4) is 0 Å². The van der Waals surface area contributed by atoms with Crippen LogP contribution >= 0.6 is 0 Å². The molecule has 1 unspecified atom stereocenters. The molecule has 2 heterocycles. The zero-order valence-electron chi connectivity index (χ0n) is 18.4. The summed E-state index contributed by atoms with van der Waals surface area (Å²) in [6.45, 7) is 4.45. The molecule has 0 saturated carbocycles. The van der Waals surface area contributed by atoms with Gasteiger partial charge in [-0.05, 0) is 31.9 Å². The fourth-order valence-corrected chi connectivity index (χ4v) is 4.24. The Balaban J connectivity index is 1.67. The van der Waals surface area contributed by atoms with Gasteiger partial charge in [-0.3, -0.25) is 9.59 Å². The van der Waals surface area contributed by atoms with Crippen LogP contribution in [-0.2, 0) is 20.7 Å². The quantitative estimate of drug-likeness (QED) is 0.522. The molecule has 0 aliphatic carbocycles. The highest BCUT2D eigenvalue weighted by molar-refractivity contribution is 6.09. The highest BCUT2D eigenvalue weighted by Crippen LogP contribution is 2.41. The van der Waals surface area contributed by atoms with E-state index in [1.807, 2.05) is 74.6 Å². The Kier molecular flexibility index (Phi) is 6.42. The summed E-state index contributed by atoms with van der Waals surface area (Å²) in [5.41, 5.74) is 2.91. The van der Waals surface area contributed by atoms with Gasteiger partial charge in [-0.25, -0.2) is 0 Å². The van der Waals surface area contributed by atoms with E-state index in [2.05, 4.69) is 4.98 Å². The minimum absolute atomic E-state index is 0.0211. The molecule has 1 atom stereocenters. The van der Waals surface area contributed by atoms with Crippen LogP contribution in [0.1, 0.15) is 37.4 Å². The van der Waals surface area contributed by atoms with Crippen molar-refractivity contribution in [2.75, 3.05) is 13.2 Å². The van der Waals surface area contributed by atoms with Gasteiger partial charge in [-0.1, -0.05) is 48.5 Å². The van der Waals surface area contributed by atoms with Gasteiger partial charge in [-0.15, -0.1) is 0 Å². The normalized spacial score (nSPS) is 16.5. The Hall–Kier alpha value is -3.38. The van der Waals surface area contributed by atoms with Crippen molar-refractivity contribution in [3.63, 3.8) is 0 Å². The highest BCUT2D eigenvalue weighted by atomic mass is 16.5. The maximum absolute atomic E-state index is 13.3. The SMILES string of the molecule is CC(C)OCCN1C(=O)C(O)=C(C(=O)CCc2ccccc2)C1c1c[nH]c2ccccc12. The summed E-state index contributed by atoms with van der Waals surface area (Å²) in [6.07, 6.45) is 2.60. The number of H-pyrrole nitrogens is 1. The minimum atomic E-state index is -0.655. The number of Topliss-reactive ketones (excluding diaryl/α,β-unsaturated/α-hetero) is 1. The van der Waals surface area contributed by atoms with Crippen LogP contribution < -0.4 is 0 Å². The molecule has 1 aromatic heterocycles. The number of para-hydroxylation sites is 1. The monoisotopic (exact) mass is 432 g/mol. The molecule has 166 valence electrons. The molecule has 0 radical (unpaired) electrons. The maximum Gasteiger partial charge on any atom is 0.290 e. The molecular weight excluding hydrogens is 404 g/mol. The first-order valence-electron chi connectivity index (χ1n) is 11.0. The average molecular weight is 433 g/mol. The topological polar surface area (TPSA) is 82.6 Å². The Labute approximate surface area is 187 Å². The lowest BCUT2D eigenvalue weighted by atomic mass is 9.93. The Morgan fingerprint density at radius 2 is 1.84 bits per heavy atom. The average Bonchev–Trinajstić information content (AvgIpc) is 3.32. The molecule has 1 aliphatic rings. The number of amides is 1. The summed E-state index contributed by atoms with van der Waals surface area (Å²) in [5.74, 6) is -1.21. The van der Waals surface area contributed by atoms with Gasteiger partial charge < -0.3 is 19.7 Å². The zero-order valence-corrected chi connectivity index (χ0v) is 18.4. The predicted molar refractivity (Wildman–Crippen MR) is 123 cm³/mol. The van der Waals surface area contributed by atoms with E-state index in [1.54, 1.807) is 4.90 Å². The standard InChI is InChI=1S/C26H28N2O4/c1-17(2)32-15-14-28-24(20-16-27-21-11-7-6-10-19(20)21)23(25(30)26(28)31)22(29)13-12-18-8-4-3-5-9-18/h3-11,16-17,24,27,30H,12-15H2,1-2H3. The number of carbonyl (C=O) groups excluding carboxylic acids is 2. The van der Waals surface area contributed by atoms with Crippen molar-refractivity contribution < 1.29 is 19.4 Å². The third-order valence-electron chi connectivity index (χ3n) is 5.79. The number of aliphatic hydroxyl groups is 1. The van der Waals surface area contributed by atoms with Crippen LogP contribution in [-0.4, -0.2) is 45.9 Å². The van der Waals surface area contributed by atoms with Crippen molar-refractivity contribution in [3.05, 3.63) is 83.3 Å². The van der Waals surface area contributed by atoms with Crippen molar-refractivity contribution >= 4 is 22.6 Å². The highest BCUT2D eigenvalue weighted by Gasteiger charge is 2.43. The number of hydrogen-bond donors (Lipinski definition) is 2. The van der Waals surface area contributed by atoms with E-state index in [0.717, 1.165) is 22.0 Å². The van der Waals surface area contributed by atoms with E-state index in [9.17, 15) is 14.7 Å². The lowest BCUT2D eigenvalue weighted by Crippen LogP contribution is -2.34. The number of fused-ring (bicyclic) bond motifs is 1. The van der Waals surface area contributed by atoms with Gasteiger partial charge in [0.25, 0.3) is 5.91 Å². The lowest BCUT2D eigenvalue weighted by Gasteiger charge is -2.26. The largest absolute Gasteiger partial charge is 0.503 e. The van der Waals surface area contributed by atoms with Crippen LogP contribution in [0.2, 0.25) is 0 Å². The number of carbonyl (C=O) groups is 2. The Morgan fingerprint density at radius 3 is 2.59 bits per heavy atom. The van der Waals surface area contributed by atoms with Gasteiger partial charge in [-0.2, -0.15) is 0 Å². The number of benzene rings is 2. The summed E-state index contributed by atoms with van der Waals surface area (Å²) in [6, 6.07) is 16.8. The molecule has 4 rings (SSSR count). The molecule has 32 heavy (non-hydrogen) atoms. The molecule has 2 N–H and O–H groups in total. The molecular formula is C26H28N2O4. The molecule has 1 amide bonds. The second-order valence-corrected chi connectivity index (χ2v) is 8.28. The molecule has 0 bridgehead atoms. The second-order valence-electron chi connectivity index (χ2n) is 8.28.